The van der Waals surface area contributed by atoms with Gasteiger partial charge in [-0.3, -0.25) is 0 Å². The van der Waals surface area contributed by atoms with E-state index in [2.05, 4.69) is 156 Å². The van der Waals surface area contributed by atoms with Gasteiger partial charge >= 0.3 is 0 Å². The number of rotatable bonds is 6. The predicted molar refractivity (Wildman–Crippen MR) is 229 cm³/mol. The van der Waals surface area contributed by atoms with Crippen molar-refractivity contribution in [2.75, 3.05) is 0 Å². The molecule has 5 nitrogen and oxygen atoms in total. The third-order valence-electron chi connectivity index (χ3n) is 11.0. The zero-order valence-corrected chi connectivity index (χ0v) is 30.4. The van der Waals surface area contributed by atoms with Crippen molar-refractivity contribution in [3.63, 3.8) is 0 Å². The molecular weight excluding hydrogens is 685 g/mol. The van der Waals surface area contributed by atoms with Gasteiger partial charge in [-0.1, -0.05) is 164 Å². The lowest BCUT2D eigenvalue weighted by atomic mass is 9.89. The Labute approximate surface area is 323 Å². The Bertz CT molecular complexity index is 3100. The molecule has 0 radical (unpaired) electrons. The van der Waals surface area contributed by atoms with Crippen molar-refractivity contribution >= 4 is 49.3 Å². The fraction of sp³-hybridized carbons (Fsp3) is 0.0392. The fourth-order valence-electron chi connectivity index (χ4n) is 8.32. The van der Waals surface area contributed by atoms with Crippen LogP contribution in [-0.4, -0.2) is 19.5 Å². The first-order valence-corrected chi connectivity index (χ1v) is 19.1. The monoisotopic (exact) mass is 718 g/mol. The van der Waals surface area contributed by atoms with Crippen LogP contribution < -0.4 is 0 Å². The predicted octanol–water partition coefficient (Wildman–Crippen LogP) is 13.0. The summed E-state index contributed by atoms with van der Waals surface area (Å²) in [6, 6.07) is 59.2. The molecule has 0 bridgehead atoms. The van der Waals surface area contributed by atoms with Crippen LogP contribution in [0.15, 0.2) is 193 Å². The highest BCUT2D eigenvalue weighted by atomic mass is 16.3. The van der Waals surface area contributed by atoms with E-state index in [1.54, 1.807) is 0 Å². The molecule has 0 amide bonds. The molecule has 3 heterocycles. The molecule has 7 aromatic carbocycles. The van der Waals surface area contributed by atoms with Crippen LogP contribution in [0.5, 0.6) is 0 Å². The molecule has 0 N–H and O–H groups in total. The number of nitrogens with zero attached hydrogens (tertiary/aromatic N) is 4. The third-order valence-corrected chi connectivity index (χ3v) is 11.0. The molecule has 5 heteroatoms. The van der Waals surface area contributed by atoms with Crippen LogP contribution in [0, 0.1) is 0 Å². The van der Waals surface area contributed by atoms with Gasteiger partial charge in [0.2, 0.25) is 0 Å². The summed E-state index contributed by atoms with van der Waals surface area (Å²) in [6.07, 6.45) is 7.57. The summed E-state index contributed by atoms with van der Waals surface area (Å²) in [4.78, 5) is 15.1. The molecule has 0 aliphatic heterocycles. The Morgan fingerprint density at radius 1 is 0.518 bits per heavy atom. The molecule has 0 spiro atoms. The van der Waals surface area contributed by atoms with Gasteiger partial charge in [0.05, 0.1) is 16.7 Å². The summed E-state index contributed by atoms with van der Waals surface area (Å²) >= 11 is 0. The first kappa shape index (κ1) is 32.1. The van der Waals surface area contributed by atoms with Gasteiger partial charge in [-0.2, -0.15) is 0 Å². The second-order valence-corrected chi connectivity index (χ2v) is 14.3. The third kappa shape index (κ3) is 5.36. The van der Waals surface area contributed by atoms with E-state index in [0.717, 1.165) is 73.2 Å². The summed E-state index contributed by atoms with van der Waals surface area (Å²) < 4.78 is 9.26. The Morgan fingerprint density at radius 3 is 1.91 bits per heavy atom. The van der Waals surface area contributed by atoms with E-state index in [4.69, 9.17) is 19.4 Å². The van der Waals surface area contributed by atoms with E-state index < -0.39 is 0 Å². The second-order valence-electron chi connectivity index (χ2n) is 14.3. The first-order chi connectivity index (χ1) is 27.8. The molecule has 1 atom stereocenters. The maximum Gasteiger partial charge on any atom is 0.163 e. The van der Waals surface area contributed by atoms with Crippen molar-refractivity contribution in [1.29, 1.82) is 0 Å². The van der Waals surface area contributed by atoms with Crippen molar-refractivity contribution < 1.29 is 4.42 Å². The number of allylic oxidation sites excluding steroid dienone is 4. The van der Waals surface area contributed by atoms with Gasteiger partial charge in [0, 0.05) is 38.6 Å². The average molecular weight is 719 g/mol. The number of aromatic nitrogens is 4. The number of hydrogen-bond donors (Lipinski definition) is 0. The van der Waals surface area contributed by atoms with Crippen LogP contribution in [0.4, 0.5) is 0 Å². The van der Waals surface area contributed by atoms with Crippen molar-refractivity contribution in [2.45, 2.75) is 12.3 Å². The van der Waals surface area contributed by atoms with Gasteiger partial charge in [0.25, 0.3) is 0 Å². The Hall–Kier alpha value is -7.37. The van der Waals surface area contributed by atoms with Crippen molar-refractivity contribution in [3.05, 3.63) is 199 Å². The van der Waals surface area contributed by atoms with Crippen molar-refractivity contribution in [3.8, 4) is 39.6 Å². The van der Waals surface area contributed by atoms with Crippen molar-refractivity contribution in [2.24, 2.45) is 0 Å². The molecule has 1 aliphatic carbocycles. The Morgan fingerprint density at radius 2 is 1.16 bits per heavy atom. The largest absolute Gasteiger partial charge is 0.454 e. The smallest absolute Gasteiger partial charge is 0.163 e. The van der Waals surface area contributed by atoms with E-state index in [1.165, 1.54) is 21.9 Å². The number of furan rings is 1. The maximum atomic E-state index is 6.89. The quantitative estimate of drug-likeness (QED) is 0.172. The van der Waals surface area contributed by atoms with Crippen LogP contribution in [-0.2, 0) is 0 Å². The molecule has 56 heavy (non-hydrogen) atoms. The highest BCUT2D eigenvalue weighted by molar-refractivity contribution is 6.15. The summed E-state index contributed by atoms with van der Waals surface area (Å²) in [5.41, 5.74) is 11.5. The van der Waals surface area contributed by atoms with Crippen molar-refractivity contribution in [1.82, 2.24) is 19.5 Å². The highest BCUT2D eigenvalue weighted by Gasteiger charge is 2.23. The average Bonchev–Trinajstić information content (AvgIpc) is 3.83. The molecule has 1 aliphatic rings. The normalized spacial score (nSPS) is 14.2. The highest BCUT2D eigenvalue weighted by Crippen LogP contribution is 2.42. The minimum atomic E-state index is -0.0386. The topological polar surface area (TPSA) is 56.7 Å². The molecule has 10 aromatic rings. The summed E-state index contributed by atoms with van der Waals surface area (Å²) in [6.45, 7) is 0. The van der Waals surface area contributed by atoms with E-state index in [0.29, 0.717) is 11.6 Å². The molecule has 11 rings (SSSR count). The summed E-state index contributed by atoms with van der Waals surface area (Å²) in [5.74, 6) is 2.07. The van der Waals surface area contributed by atoms with Gasteiger partial charge in [0.1, 0.15) is 11.4 Å². The minimum Gasteiger partial charge on any atom is -0.454 e. The summed E-state index contributed by atoms with van der Waals surface area (Å²) in [5, 5.41) is 4.59. The minimum absolute atomic E-state index is 0.0386. The SMILES string of the molecule is C1=CC(c2cccc3oc4c(-n5c6ccccc6c6ccc(-c7ccccc7)cc65)cccc4c23)=CC(c2nc(-c3ccccc3)nc(-c3ccccc3)n2)C1. The molecule has 0 saturated heterocycles. The lowest BCUT2D eigenvalue weighted by Gasteiger charge is -2.18. The molecule has 0 saturated carbocycles. The first-order valence-electron chi connectivity index (χ1n) is 19.1. The zero-order chi connectivity index (χ0) is 37.0. The molecule has 264 valence electrons. The van der Waals surface area contributed by atoms with Gasteiger partial charge in [-0.05, 0) is 52.9 Å². The van der Waals surface area contributed by atoms with Gasteiger partial charge in [-0.25, -0.2) is 15.0 Å². The lowest BCUT2D eigenvalue weighted by molar-refractivity contribution is 0.666. The maximum absolute atomic E-state index is 6.89. The van der Waals surface area contributed by atoms with Gasteiger partial charge in [0.15, 0.2) is 17.2 Å². The second kappa shape index (κ2) is 13.2. The number of para-hydroxylation sites is 2. The Balaban J connectivity index is 1.07. The van der Waals surface area contributed by atoms with Gasteiger partial charge in [-0.15, -0.1) is 0 Å². The lowest BCUT2D eigenvalue weighted by Crippen LogP contribution is -2.08. The van der Waals surface area contributed by atoms with Crippen LogP contribution >= 0.6 is 0 Å². The van der Waals surface area contributed by atoms with E-state index in [-0.39, 0.29) is 5.92 Å². The van der Waals surface area contributed by atoms with E-state index in [1.807, 2.05) is 36.4 Å². The molecule has 3 aromatic heterocycles. The fourth-order valence-corrected chi connectivity index (χ4v) is 8.32. The van der Waals surface area contributed by atoms with Crippen LogP contribution in [0.3, 0.4) is 0 Å². The molecule has 1 unspecified atom stereocenters. The zero-order valence-electron chi connectivity index (χ0n) is 30.4. The van der Waals surface area contributed by atoms with E-state index >= 15 is 0 Å². The van der Waals surface area contributed by atoms with Gasteiger partial charge < -0.3 is 8.98 Å². The van der Waals surface area contributed by atoms with Crippen LogP contribution in [0.25, 0.3) is 88.9 Å². The number of hydrogen-bond acceptors (Lipinski definition) is 4. The van der Waals surface area contributed by atoms with Crippen LogP contribution in [0.2, 0.25) is 0 Å². The van der Waals surface area contributed by atoms with E-state index in [9.17, 15) is 0 Å². The number of benzene rings is 7. The summed E-state index contributed by atoms with van der Waals surface area (Å²) in [7, 11) is 0. The standard InChI is InChI=1S/C51H34N4O/c1-4-15-33(16-5-1)36-29-30-41-40-23-10-11-26-43(40)55(45(41)32-36)44-27-13-25-42-47-39(24-14-28-46(47)56-48(42)44)37-21-12-22-38(31-37)51-53-49(34-17-6-2-7-18-34)52-50(54-51)35-19-8-3-9-20-35/h1-21,23-32,38H,22H2. The number of fused-ring (bicyclic) bond motifs is 6. The Kier molecular flexibility index (Phi) is 7.56. The molecular formula is C51H34N4O. The van der Waals surface area contributed by atoms with Crippen LogP contribution in [0.1, 0.15) is 23.7 Å². The molecule has 0 fully saturated rings.